The lowest BCUT2D eigenvalue weighted by molar-refractivity contribution is -0.138. The zero-order valence-electron chi connectivity index (χ0n) is 13.9. The van der Waals surface area contributed by atoms with Crippen LogP contribution in [-0.2, 0) is 10.2 Å². The molecule has 3 fully saturated rings. The van der Waals surface area contributed by atoms with E-state index in [0.717, 1.165) is 50.9 Å². The van der Waals surface area contributed by atoms with E-state index in [1.165, 1.54) is 37.0 Å². The van der Waals surface area contributed by atoms with Gasteiger partial charge in [-0.15, -0.1) is 11.3 Å². The Morgan fingerprint density at radius 2 is 1.83 bits per heavy atom. The molecule has 2 saturated heterocycles. The van der Waals surface area contributed by atoms with Crippen molar-refractivity contribution in [1.29, 1.82) is 0 Å². The number of nitrogens with one attached hydrogen (secondary N) is 1. The molecule has 0 bridgehead atoms. The maximum Gasteiger partial charge on any atom is 0.234 e. The number of hydrogen-bond donors (Lipinski definition) is 1. The van der Waals surface area contributed by atoms with Crippen molar-refractivity contribution in [3.8, 4) is 0 Å². The summed E-state index contributed by atoms with van der Waals surface area (Å²) in [7, 11) is 0. The summed E-state index contributed by atoms with van der Waals surface area (Å²) in [6.07, 6.45) is 8.16. The lowest BCUT2D eigenvalue weighted by Gasteiger charge is -2.39. The van der Waals surface area contributed by atoms with Crippen molar-refractivity contribution in [2.24, 2.45) is 11.8 Å². The summed E-state index contributed by atoms with van der Waals surface area (Å²) >= 11 is 1.79. The molecule has 1 aromatic heterocycles. The van der Waals surface area contributed by atoms with Gasteiger partial charge in [0, 0.05) is 18.0 Å². The van der Waals surface area contributed by atoms with E-state index in [2.05, 4.69) is 27.7 Å². The minimum absolute atomic E-state index is 0.204. The molecule has 4 heteroatoms. The van der Waals surface area contributed by atoms with Gasteiger partial charge in [-0.05, 0) is 62.1 Å². The van der Waals surface area contributed by atoms with E-state index in [9.17, 15) is 4.79 Å². The molecule has 2 aliphatic heterocycles. The predicted octanol–water partition coefficient (Wildman–Crippen LogP) is 3.41. The molecule has 0 spiro atoms. The van der Waals surface area contributed by atoms with Crippen molar-refractivity contribution < 1.29 is 4.79 Å². The monoisotopic (exact) mass is 332 g/mol. The van der Waals surface area contributed by atoms with Crippen LogP contribution in [0.1, 0.15) is 49.8 Å². The zero-order valence-corrected chi connectivity index (χ0v) is 14.7. The smallest absolute Gasteiger partial charge is 0.234 e. The number of carbonyl (C=O) groups excluding carboxylic acids is 1. The van der Waals surface area contributed by atoms with Gasteiger partial charge in [-0.1, -0.05) is 25.3 Å². The third-order valence-electron chi connectivity index (χ3n) is 6.42. The van der Waals surface area contributed by atoms with Gasteiger partial charge in [-0.3, -0.25) is 4.79 Å². The first-order chi connectivity index (χ1) is 11.3. The Morgan fingerprint density at radius 3 is 2.43 bits per heavy atom. The lowest BCUT2D eigenvalue weighted by Crippen LogP contribution is -2.48. The van der Waals surface area contributed by atoms with Crippen LogP contribution in [0.4, 0.5) is 0 Å². The molecule has 3 aliphatic rings. The fraction of sp³-hybridized carbons (Fsp3) is 0.737. The molecule has 1 saturated carbocycles. The molecule has 0 radical (unpaired) electrons. The number of thiophene rings is 1. The Bertz CT molecular complexity index is 522. The van der Waals surface area contributed by atoms with Crippen LogP contribution < -0.4 is 5.32 Å². The molecule has 3 nitrogen and oxygen atoms in total. The Kier molecular flexibility index (Phi) is 4.46. The fourth-order valence-corrected chi connectivity index (χ4v) is 5.97. The second-order valence-electron chi connectivity index (χ2n) is 7.67. The average Bonchev–Trinajstić information content (AvgIpc) is 3.24. The summed E-state index contributed by atoms with van der Waals surface area (Å²) in [5, 5.41) is 5.66. The van der Waals surface area contributed by atoms with Crippen LogP contribution in [0.2, 0.25) is 0 Å². The van der Waals surface area contributed by atoms with E-state index >= 15 is 0 Å². The maximum atomic E-state index is 13.6. The lowest BCUT2D eigenvalue weighted by atomic mass is 9.72. The van der Waals surface area contributed by atoms with Crippen molar-refractivity contribution in [3.63, 3.8) is 0 Å². The SMILES string of the molecule is O=C(N1CC[C@@H]2CNC[C@@H]2CC1)C1(c2cccs2)CCCCC1. The summed E-state index contributed by atoms with van der Waals surface area (Å²) in [5.74, 6) is 2.02. The zero-order chi connectivity index (χ0) is 15.7. The van der Waals surface area contributed by atoms with Crippen molar-refractivity contribution in [2.45, 2.75) is 50.4 Å². The Hall–Kier alpha value is -0.870. The molecular formula is C19H28N2OS. The van der Waals surface area contributed by atoms with Gasteiger partial charge in [0.2, 0.25) is 5.91 Å². The highest BCUT2D eigenvalue weighted by molar-refractivity contribution is 7.10. The minimum Gasteiger partial charge on any atom is -0.342 e. The van der Waals surface area contributed by atoms with E-state index < -0.39 is 0 Å². The van der Waals surface area contributed by atoms with Gasteiger partial charge in [0.1, 0.15) is 0 Å². The number of fused-ring (bicyclic) bond motifs is 1. The standard InChI is InChI=1S/C19H28N2OS/c22-18(21-10-6-15-13-20-14-16(15)7-11-21)19(8-2-1-3-9-19)17-5-4-12-23-17/h4-5,12,15-16,20H,1-3,6-11,13-14H2/t15-,16+. The normalized spacial score (nSPS) is 30.7. The highest BCUT2D eigenvalue weighted by atomic mass is 32.1. The molecule has 1 aliphatic carbocycles. The van der Waals surface area contributed by atoms with Crippen molar-refractivity contribution in [3.05, 3.63) is 22.4 Å². The third kappa shape index (κ3) is 2.85. The summed E-state index contributed by atoms with van der Waals surface area (Å²) in [6.45, 7) is 4.25. The first-order valence-corrected chi connectivity index (χ1v) is 10.2. The number of carbonyl (C=O) groups is 1. The highest BCUT2D eigenvalue weighted by Gasteiger charge is 2.45. The highest BCUT2D eigenvalue weighted by Crippen LogP contribution is 2.43. The van der Waals surface area contributed by atoms with E-state index in [1.54, 1.807) is 11.3 Å². The summed E-state index contributed by atoms with van der Waals surface area (Å²) in [4.78, 5) is 17.1. The quantitative estimate of drug-likeness (QED) is 0.900. The molecule has 23 heavy (non-hydrogen) atoms. The van der Waals surface area contributed by atoms with Gasteiger partial charge >= 0.3 is 0 Å². The van der Waals surface area contributed by atoms with E-state index in [1.807, 2.05) is 0 Å². The summed E-state index contributed by atoms with van der Waals surface area (Å²) in [5.41, 5.74) is -0.204. The second kappa shape index (κ2) is 6.56. The number of amides is 1. The number of hydrogen-bond acceptors (Lipinski definition) is 3. The number of nitrogens with zero attached hydrogens (tertiary/aromatic N) is 1. The molecule has 3 heterocycles. The maximum absolute atomic E-state index is 13.6. The van der Waals surface area contributed by atoms with Gasteiger partial charge in [0.15, 0.2) is 0 Å². The molecular weight excluding hydrogens is 304 g/mol. The van der Waals surface area contributed by atoms with Gasteiger partial charge in [0.05, 0.1) is 5.41 Å². The van der Waals surface area contributed by atoms with Gasteiger partial charge in [-0.25, -0.2) is 0 Å². The first kappa shape index (κ1) is 15.6. The van der Waals surface area contributed by atoms with E-state index in [0.29, 0.717) is 5.91 Å². The Labute approximate surface area is 143 Å². The fourth-order valence-electron chi connectivity index (χ4n) is 5.00. The molecule has 1 aromatic rings. The van der Waals surface area contributed by atoms with Crippen LogP contribution in [0.15, 0.2) is 17.5 Å². The van der Waals surface area contributed by atoms with Crippen LogP contribution in [0.5, 0.6) is 0 Å². The second-order valence-corrected chi connectivity index (χ2v) is 8.62. The summed E-state index contributed by atoms with van der Waals surface area (Å²) in [6, 6.07) is 4.31. The summed E-state index contributed by atoms with van der Waals surface area (Å²) < 4.78 is 0. The van der Waals surface area contributed by atoms with Crippen molar-refractivity contribution in [1.82, 2.24) is 10.2 Å². The van der Waals surface area contributed by atoms with Crippen molar-refractivity contribution in [2.75, 3.05) is 26.2 Å². The first-order valence-electron chi connectivity index (χ1n) is 9.34. The third-order valence-corrected chi connectivity index (χ3v) is 7.49. The van der Waals surface area contributed by atoms with Gasteiger partial charge in [-0.2, -0.15) is 0 Å². The molecule has 1 N–H and O–H groups in total. The minimum atomic E-state index is -0.204. The predicted molar refractivity (Wildman–Crippen MR) is 94.7 cm³/mol. The van der Waals surface area contributed by atoms with E-state index in [-0.39, 0.29) is 5.41 Å². The van der Waals surface area contributed by atoms with Crippen LogP contribution in [0.25, 0.3) is 0 Å². The molecule has 0 unspecified atom stereocenters. The number of likely N-dealkylation sites (tertiary alicyclic amines) is 1. The largest absolute Gasteiger partial charge is 0.342 e. The molecule has 1 amide bonds. The van der Waals surface area contributed by atoms with Crippen molar-refractivity contribution >= 4 is 17.2 Å². The van der Waals surface area contributed by atoms with Gasteiger partial charge < -0.3 is 10.2 Å². The van der Waals surface area contributed by atoms with Gasteiger partial charge in [0.25, 0.3) is 0 Å². The molecule has 2 atom stereocenters. The molecule has 0 aromatic carbocycles. The Morgan fingerprint density at radius 1 is 1.13 bits per heavy atom. The van der Waals surface area contributed by atoms with Crippen LogP contribution >= 0.6 is 11.3 Å². The van der Waals surface area contributed by atoms with E-state index in [4.69, 9.17) is 0 Å². The molecule has 126 valence electrons. The van der Waals surface area contributed by atoms with Crippen LogP contribution in [-0.4, -0.2) is 37.0 Å². The topological polar surface area (TPSA) is 32.3 Å². The Balaban J connectivity index is 1.55. The average molecular weight is 333 g/mol. The molecule has 4 rings (SSSR count). The van der Waals surface area contributed by atoms with Crippen LogP contribution in [0, 0.1) is 11.8 Å². The number of rotatable bonds is 2. The van der Waals surface area contributed by atoms with Crippen LogP contribution in [0.3, 0.4) is 0 Å².